The molecular formula is C16H28O2. The average Bonchev–Trinajstić information content (AvgIpc) is 2.30. The van der Waals surface area contributed by atoms with Crippen LogP contribution in [0.25, 0.3) is 0 Å². The average molecular weight is 252 g/mol. The van der Waals surface area contributed by atoms with E-state index in [-0.39, 0.29) is 5.92 Å². The van der Waals surface area contributed by atoms with E-state index in [1.807, 2.05) is 45.9 Å². The van der Waals surface area contributed by atoms with Crippen LogP contribution in [-0.4, -0.2) is 10.2 Å². The SMILES string of the molecule is CC(C)C(C)(C)C(O)(O)c1ccccc1.CCC. The molecule has 0 aromatic heterocycles. The van der Waals surface area contributed by atoms with Gasteiger partial charge in [-0.05, 0) is 5.92 Å². The van der Waals surface area contributed by atoms with Gasteiger partial charge >= 0.3 is 0 Å². The van der Waals surface area contributed by atoms with Crippen LogP contribution in [0.3, 0.4) is 0 Å². The van der Waals surface area contributed by atoms with E-state index < -0.39 is 11.2 Å². The van der Waals surface area contributed by atoms with Crippen LogP contribution >= 0.6 is 0 Å². The molecule has 0 atom stereocenters. The molecule has 104 valence electrons. The van der Waals surface area contributed by atoms with Gasteiger partial charge in [-0.1, -0.05) is 78.3 Å². The molecule has 1 aromatic rings. The molecule has 0 amide bonds. The lowest BCUT2D eigenvalue weighted by molar-refractivity contribution is -0.256. The Balaban J connectivity index is 0.000000873. The van der Waals surface area contributed by atoms with Crippen molar-refractivity contribution in [3.8, 4) is 0 Å². The Hall–Kier alpha value is -0.860. The fraction of sp³-hybridized carbons (Fsp3) is 0.625. The van der Waals surface area contributed by atoms with Crippen LogP contribution < -0.4 is 0 Å². The van der Waals surface area contributed by atoms with E-state index in [9.17, 15) is 10.2 Å². The topological polar surface area (TPSA) is 40.5 Å². The zero-order valence-corrected chi connectivity index (χ0v) is 12.6. The van der Waals surface area contributed by atoms with Crippen LogP contribution in [0.15, 0.2) is 30.3 Å². The summed E-state index contributed by atoms with van der Waals surface area (Å²) < 4.78 is 0. The third kappa shape index (κ3) is 3.82. The van der Waals surface area contributed by atoms with E-state index in [4.69, 9.17) is 0 Å². The highest BCUT2D eigenvalue weighted by molar-refractivity contribution is 5.22. The van der Waals surface area contributed by atoms with Gasteiger partial charge in [-0.25, -0.2) is 0 Å². The highest BCUT2D eigenvalue weighted by Gasteiger charge is 2.45. The number of benzene rings is 1. The molecule has 2 heteroatoms. The number of hydrogen-bond donors (Lipinski definition) is 2. The molecule has 0 bridgehead atoms. The molecule has 0 aliphatic carbocycles. The largest absolute Gasteiger partial charge is 0.361 e. The first-order chi connectivity index (χ1) is 8.21. The second-order valence-corrected chi connectivity index (χ2v) is 5.62. The summed E-state index contributed by atoms with van der Waals surface area (Å²) in [5.74, 6) is -1.62. The van der Waals surface area contributed by atoms with Gasteiger partial charge in [0.15, 0.2) is 5.79 Å². The molecule has 0 unspecified atom stereocenters. The predicted molar refractivity (Wildman–Crippen MR) is 77.1 cm³/mol. The van der Waals surface area contributed by atoms with E-state index in [1.54, 1.807) is 12.1 Å². The van der Waals surface area contributed by atoms with Crippen molar-refractivity contribution in [3.05, 3.63) is 35.9 Å². The second-order valence-electron chi connectivity index (χ2n) is 5.62. The summed E-state index contributed by atoms with van der Waals surface area (Å²) in [4.78, 5) is 0. The van der Waals surface area contributed by atoms with Crippen molar-refractivity contribution in [2.45, 2.75) is 53.8 Å². The summed E-state index contributed by atoms with van der Waals surface area (Å²) >= 11 is 0. The lowest BCUT2D eigenvalue weighted by Crippen LogP contribution is -2.45. The zero-order valence-electron chi connectivity index (χ0n) is 12.6. The first kappa shape index (κ1) is 17.1. The summed E-state index contributed by atoms with van der Waals surface area (Å²) in [5, 5.41) is 20.5. The Labute approximate surface area is 112 Å². The molecule has 0 radical (unpaired) electrons. The normalized spacial score (nSPS) is 12.1. The maximum Gasteiger partial charge on any atom is 0.195 e. The minimum atomic E-state index is -1.79. The molecule has 0 saturated heterocycles. The van der Waals surface area contributed by atoms with Gasteiger partial charge in [0.1, 0.15) is 0 Å². The van der Waals surface area contributed by atoms with Crippen molar-refractivity contribution in [2.24, 2.45) is 11.3 Å². The number of hydrogen-bond acceptors (Lipinski definition) is 2. The molecule has 18 heavy (non-hydrogen) atoms. The van der Waals surface area contributed by atoms with Crippen molar-refractivity contribution >= 4 is 0 Å². The molecule has 0 aliphatic heterocycles. The van der Waals surface area contributed by atoms with Crippen LogP contribution in [-0.2, 0) is 5.79 Å². The van der Waals surface area contributed by atoms with Crippen LogP contribution in [0, 0.1) is 11.3 Å². The first-order valence-corrected chi connectivity index (χ1v) is 6.72. The lowest BCUT2D eigenvalue weighted by Gasteiger charge is -2.41. The molecule has 2 N–H and O–H groups in total. The minimum absolute atomic E-state index is 0.174. The van der Waals surface area contributed by atoms with Crippen molar-refractivity contribution in [1.29, 1.82) is 0 Å². The maximum atomic E-state index is 10.2. The van der Waals surface area contributed by atoms with E-state index in [2.05, 4.69) is 13.8 Å². The van der Waals surface area contributed by atoms with Gasteiger partial charge in [-0.15, -0.1) is 0 Å². The fourth-order valence-electron chi connectivity index (χ4n) is 1.45. The highest BCUT2D eigenvalue weighted by atomic mass is 16.5. The van der Waals surface area contributed by atoms with E-state index >= 15 is 0 Å². The summed E-state index contributed by atoms with van der Waals surface area (Å²) in [6.07, 6.45) is 1.25. The van der Waals surface area contributed by atoms with Crippen molar-refractivity contribution < 1.29 is 10.2 Å². The minimum Gasteiger partial charge on any atom is -0.361 e. The number of rotatable bonds is 3. The van der Waals surface area contributed by atoms with Gasteiger partial charge in [0.25, 0.3) is 0 Å². The Kier molecular flexibility index (Phi) is 6.58. The van der Waals surface area contributed by atoms with Gasteiger partial charge in [-0.2, -0.15) is 0 Å². The molecule has 1 aromatic carbocycles. The van der Waals surface area contributed by atoms with Crippen LogP contribution in [0.5, 0.6) is 0 Å². The summed E-state index contributed by atoms with van der Waals surface area (Å²) in [6.45, 7) is 12.0. The Morgan fingerprint density at radius 1 is 1.00 bits per heavy atom. The molecule has 2 nitrogen and oxygen atoms in total. The molecule has 0 aliphatic rings. The van der Waals surface area contributed by atoms with Crippen molar-refractivity contribution in [1.82, 2.24) is 0 Å². The van der Waals surface area contributed by atoms with Crippen molar-refractivity contribution in [2.75, 3.05) is 0 Å². The van der Waals surface area contributed by atoms with Crippen LogP contribution in [0.2, 0.25) is 0 Å². The first-order valence-electron chi connectivity index (χ1n) is 6.72. The second kappa shape index (κ2) is 6.91. The molecule has 1 rings (SSSR count). The van der Waals surface area contributed by atoms with Gasteiger partial charge in [0, 0.05) is 11.0 Å². The molecule has 0 fully saturated rings. The highest BCUT2D eigenvalue weighted by Crippen LogP contribution is 2.42. The third-order valence-electron chi connectivity index (χ3n) is 3.52. The standard InChI is InChI=1S/C13H20O2.C3H8/c1-10(2)12(3,4)13(14,15)11-8-6-5-7-9-11;1-3-2/h5-10,14-15H,1-4H3;3H2,1-2H3. The van der Waals surface area contributed by atoms with E-state index in [1.165, 1.54) is 6.42 Å². The quantitative estimate of drug-likeness (QED) is 0.800. The Morgan fingerprint density at radius 2 is 1.39 bits per heavy atom. The Bertz CT molecular complexity index is 326. The molecular weight excluding hydrogens is 224 g/mol. The molecule has 0 saturated carbocycles. The van der Waals surface area contributed by atoms with E-state index in [0.717, 1.165) is 0 Å². The summed E-state index contributed by atoms with van der Waals surface area (Å²) in [6, 6.07) is 8.97. The van der Waals surface area contributed by atoms with Crippen LogP contribution in [0.4, 0.5) is 0 Å². The summed E-state index contributed by atoms with van der Waals surface area (Å²) in [5.41, 5.74) is -0.0438. The smallest absolute Gasteiger partial charge is 0.195 e. The predicted octanol–water partition coefficient (Wildman–Crippen LogP) is 3.92. The van der Waals surface area contributed by atoms with Crippen molar-refractivity contribution in [3.63, 3.8) is 0 Å². The number of aliphatic hydroxyl groups is 2. The Morgan fingerprint density at radius 3 is 1.72 bits per heavy atom. The van der Waals surface area contributed by atoms with Gasteiger partial charge < -0.3 is 10.2 Å². The van der Waals surface area contributed by atoms with Gasteiger partial charge in [0.2, 0.25) is 0 Å². The molecule has 0 heterocycles. The van der Waals surface area contributed by atoms with Gasteiger partial charge in [0.05, 0.1) is 0 Å². The maximum absolute atomic E-state index is 10.2. The van der Waals surface area contributed by atoms with E-state index in [0.29, 0.717) is 5.56 Å². The molecule has 0 spiro atoms. The lowest BCUT2D eigenvalue weighted by atomic mass is 9.71. The zero-order chi connectivity index (χ0) is 14.4. The fourth-order valence-corrected chi connectivity index (χ4v) is 1.45. The van der Waals surface area contributed by atoms with Gasteiger partial charge in [-0.3, -0.25) is 0 Å². The monoisotopic (exact) mass is 252 g/mol. The summed E-state index contributed by atoms with van der Waals surface area (Å²) in [7, 11) is 0. The third-order valence-corrected chi connectivity index (χ3v) is 3.52. The van der Waals surface area contributed by atoms with Crippen LogP contribution in [0.1, 0.15) is 53.5 Å².